The molecule has 0 aliphatic carbocycles. The second-order valence-corrected chi connectivity index (χ2v) is 5.82. The van der Waals surface area contributed by atoms with E-state index in [0.717, 1.165) is 0 Å². The molecule has 72 valence electrons. The molecule has 0 atom stereocenters. The van der Waals surface area contributed by atoms with Crippen molar-refractivity contribution in [1.82, 2.24) is 0 Å². The van der Waals surface area contributed by atoms with Crippen molar-refractivity contribution in [2.45, 2.75) is 11.8 Å². The first-order valence-corrected chi connectivity index (χ1v) is 6.80. The van der Waals surface area contributed by atoms with Crippen molar-refractivity contribution in [3.63, 3.8) is 0 Å². The summed E-state index contributed by atoms with van der Waals surface area (Å²) in [7, 11) is 0.338. The topological polar surface area (TPSA) is 0 Å². The Bertz CT molecular complexity index is 458. The normalized spacial score (nSPS) is 11.1. The van der Waals surface area contributed by atoms with Crippen molar-refractivity contribution in [2.24, 2.45) is 0 Å². The van der Waals surface area contributed by atoms with Gasteiger partial charge in [0.1, 0.15) is 12.5 Å². The van der Waals surface area contributed by atoms with Crippen molar-refractivity contribution < 1.29 is 0 Å². The van der Waals surface area contributed by atoms with Gasteiger partial charge in [0.15, 0.2) is 4.90 Å². The fourth-order valence-electron chi connectivity index (χ4n) is 1.78. The van der Waals surface area contributed by atoms with Gasteiger partial charge in [0.2, 0.25) is 0 Å². The van der Waals surface area contributed by atoms with Crippen LogP contribution in [0.4, 0.5) is 0 Å². The first-order valence-electron chi connectivity index (χ1n) is 4.76. The standard InChI is InChI=1S/C13H15S/c1-10-8-9-13(14(2)3)12-7-5-4-6-11(10)12/h4-9H,1-3H3/q+1. The molecule has 1 heteroatoms. The summed E-state index contributed by atoms with van der Waals surface area (Å²) in [6, 6.07) is 13.2. The van der Waals surface area contributed by atoms with Crippen LogP contribution in [0.25, 0.3) is 10.8 Å². The Morgan fingerprint density at radius 3 is 2.14 bits per heavy atom. The maximum absolute atomic E-state index is 2.27. The minimum Gasteiger partial charge on any atom is -0.0616 e. The molecule has 0 bridgehead atoms. The maximum atomic E-state index is 2.27. The molecule has 0 aliphatic heterocycles. The molecule has 2 rings (SSSR count). The highest BCUT2D eigenvalue weighted by Gasteiger charge is 2.13. The summed E-state index contributed by atoms with van der Waals surface area (Å²) in [6.45, 7) is 2.18. The summed E-state index contributed by atoms with van der Waals surface area (Å²) < 4.78 is 0. The van der Waals surface area contributed by atoms with Crippen LogP contribution < -0.4 is 0 Å². The molecule has 0 radical (unpaired) electrons. The number of hydrogen-bond donors (Lipinski definition) is 0. The molecule has 0 heterocycles. The summed E-state index contributed by atoms with van der Waals surface area (Å²) in [6.07, 6.45) is 4.55. The molecule has 2 aromatic carbocycles. The van der Waals surface area contributed by atoms with E-state index in [0.29, 0.717) is 10.9 Å². The second-order valence-electron chi connectivity index (χ2n) is 3.74. The molecule has 0 aliphatic rings. The number of fused-ring (bicyclic) bond motifs is 1. The van der Waals surface area contributed by atoms with E-state index in [9.17, 15) is 0 Å². The van der Waals surface area contributed by atoms with E-state index < -0.39 is 0 Å². The van der Waals surface area contributed by atoms with Gasteiger partial charge in [-0.25, -0.2) is 0 Å². The highest BCUT2D eigenvalue weighted by Crippen LogP contribution is 2.25. The van der Waals surface area contributed by atoms with E-state index in [-0.39, 0.29) is 0 Å². The Balaban J connectivity index is 2.82. The van der Waals surface area contributed by atoms with Crippen molar-refractivity contribution in [1.29, 1.82) is 0 Å². The Hall–Kier alpha value is -0.950. The molecule has 2 aromatic rings. The quantitative estimate of drug-likeness (QED) is 0.623. The second kappa shape index (κ2) is 3.66. The molecule has 0 unspecified atom stereocenters. The van der Waals surface area contributed by atoms with Crippen LogP contribution in [0.2, 0.25) is 0 Å². The number of hydrogen-bond acceptors (Lipinski definition) is 0. The van der Waals surface area contributed by atoms with Crippen LogP contribution in [-0.2, 0) is 10.9 Å². The molecule has 0 aromatic heterocycles. The Labute approximate surface area is 88.3 Å². The van der Waals surface area contributed by atoms with E-state index in [1.54, 1.807) is 0 Å². The van der Waals surface area contributed by atoms with Gasteiger partial charge in [-0.15, -0.1) is 0 Å². The van der Waals surface area contributed by atoms with E-state index in [4.69, 9.17) is 0 Å². The monoisotopic (exact) mass is 203 g/mol. The van der Waals surface area contributed by atoms with Gasteiger partial charge >= 0.3 is 0 Å². The van der Waals surface area contributed by atoms with Gasteiger partial charge in [0.25, 0.3) is 0 Å². The number of rotatable bonds is 1. The van der Waals surface area contributed by atoms with Crippen LogP contribution in [0.1, 0.15) is 5.56 Å². The molecule has 14 heavy (non-hydrogen) atoms. The third-order valence-electron chi connectivity index (χ3n) is 2.54. The van der Waals surface area contributed by atoms with Gasteiger partial charge in [0.05, 0.1) is 0 Å². The number of aryl methyl sites for hydroxylation is 1. The first kappa shape index (κ1) is 9.60. The van der Waals surface area contributed by atoms with Gasteiger partial charge < -0.3 is 0 Å². The largest absolute Gasteiger partial charge is 0.162 e. The van der Waals surface area contributed by atoms with Crippen LogP contribution in [-0.4, -0.2) is 12.5 Å². The summed E-state index contributed by atoms with van der Waals surface area (Å²) >= 11 is 0. The summed E-state index contributed by atoms with van der Waals surface area (Å²) in [5.74, 6) is 0. The molecular weight excluding hydrogens is 188 g/mol. The fraction of sp³-hybridized carbons (Fsp3) is 0.231. The van der Waals surface area contributed by atoms with Gasteiger partial charge in [-0.1, -0.05) is 24.3 Å². The van der Waals surface area contributed by atoms with Crippen molar-refractivity contribution in [3.8, 4) is 0 Å². The van der Waals surface area contributed by atoms with Crippen molar-refractivity contribution in [3.05, 3.63) is 42.0 Å². The summed E-state index contributed by atoms with van der Waals surface area (Å²) in [4.78, 5) is 1.48. The highest BCUT2D eigenvalue weighted by atomic mass is 32.2. The molecule has 0 saturated heterocycles. The predicted octanol–water partition coefficient (Wildman–Crippen LogP) is 3.39. The third kappa shape index (κ3) is 1.53. The lowest BCUT2D eigenvalue weighted by molar-refractivity contribution is 1.45. The fourth-order valence-corrected chi connectivity index (χ4v) is 2.74. The smallest absolute Gasteiger partial charge is 0.0616 e. The molecular formula is C13H15S+. The molecule has 0 saturated carbocycles. The molecule has 0 amide bonds. The average Bonchev–Trinajstić information content (AvgIpc) is 2.18. The zero-order valence-electron chi connectivity index (χ0n) is 8.87. The van der Waals surface area contributed by atoms with E-state index in [2.05, 4.69) is 55.8 Å². The maximum Gasteiger partial charge on any atom is 0.162 e. The summed E-state index contributed by atoms with van der Waals surface area (Å²) in [5.41, 5.74) is 1.37. The minimum absolute atomic E-state index is 0.338. The van der Waals surface area contributed by atoms with Crippen LogP contribution >= 0.6 is 0 Å². The lowest BCUT2D eigenvalue weighted by Crippen LogP contribution is -1.97. The van der Waals surface area contributed by atoms with E-state index in [1.807, 2.05) is 0 Å². The molecule has 0 spiro atoms. The minimum atomic E-state index is 0.338. The van der Waals surface area contributed by atoms with E-state index >= 15 is 0 Å². The zero-order valence-corrected chi connectivity index (χ0v) is 9.69. The van der Waals surface area contributed by atoms with E-state index in [1.165, 1.54) is 21.2 Å². The lowest BCUT2D eigenvalue weighted by Gasteiger charge is -2.05. The highest BCUT2D eigenvalue weighted by molar-refractivity contribution is 7.95. The predicted molar refractivity (Wildman–Crippen MR) is 66.2 cm³/mol. The third-order valence-corrected chi connectivity index (χ3v) is 3.78. The Morgan fingerprint density at radius 2 is 1.50 bits per heavy atom. The zero-order chi connectivity index (χ0) is 10.1. The van der Waals surface area contributed by atoms with Crippen LogP contribution in [0.15, 0.2) is 41.3 Å². The van der Waals surface area contributed by atoms with Crippen LogP contribution in [0, 0.1) is 6.92 Å². The van der Waals surface area contributed by atoms with Gasteiger partial charge in [-0.3, -0.25) is 0 Å². The van der Waals surface area contributed by atoms with Crippen LogP contribution in [0.3, 0.4) is 0 Å². The first-order chi connectivity index (χ1) is 6.70. The van der Waals surface area contributed by atoms with Gasteiger partial charge in [-0.2, -0.15) is 0 Å². The Kier molecular flexibility index (Phi) is 2.51. The molecule has 0 nitrogen and oxygen atoms in total. The van der Waals surface area contributed by atoms with Gasteiger partial charge in [0, 0.05) is 16.3 Å². The summed E-state index contributed by atoms with van der Waals surface area (Å²) in [5, 5.41) is 2.81. The average molecular weight is 203 g/mol. The SMILES string of the molecule is Cc1ccc([S+](C)C)c2ccccc12. The molecule has 0 fully saturated rings. The van der Waals surface area contributed by atoms with Crippen molar-refractivity contribution in [2.75, 3.05) is 12.5 Å². The van der Waals surface area contributed by atoms with Gasteiger partial charge in [-0.05, 0) is 30.0 Å². The lowest BCUT2D eigenvalue weighted by atomic mass is 10.1. The number of benzene rings is 2. The molecule has 0 N–H and O–H groups in total. The van der Waals surface area contributed by atoms with Crippen LogP contribution in [0.5, 0.6) is 0 Å². The van der Waals surface area contributed by atoms with Crippen molar-refractivity contribution >= 4 is 21.7 Å². The Morgan fingerprint density at radius 1 is 0.857 bits per heavy atom.